The van der Waals surface area contributed by atoms with Crippen LogP contribution in [0.2, 0.25) is 0 Å². The maximum atomic E-state index is 10.5. The van der Waals surface area contributed by atoms with Crippen LogP contribution < -0.4 is 11.3 Å². The predicted octanol–water partition coefficient (Wildman–Crippen LogP) is -0.934. The Balaban J connectivity index is 2.65. The van der Waals surface area contributed by atoms with Crippen LogP contribution in [0.1, 0.15) is 6.92 Å². The Bertz CT molecular complexity index is 188. The van der Waals surface area contributed by atoms with Crippen LogP contribution >= 0.6 is 0 Å². The Kier molecular flexibility index (Phi) is 1.37. The summed E-state index contributed by atoms with van der Waals surface area (Å²) in [5.41, 5.74) is 7.39. The molecule has 1 heterocycles. The molecule has 0 atom stereocenters. The lowest BCUT2D eigenvalue weighted by atomic mass is 10.7. The number of urea groups is 1. The second-order valence-electron chi connectivity index (χ2n) is 1.93. The zero-order chi connectivity index (χ0) is 7.72. The van der Waals surface area contributed by atoms with E-state index >= 15 is 0 Å². The molecule has 0 fully saturated rings. The van der Waals surface area contributed by atoms with Crippen molar-refractivity contribution in [3.63, 3.8) is 0 Å². The number of rotatable bonds is 0. The van der Waals surface area contributed by atoms with Gasteiger partial charge >= 0.3 is 6.03 Å². The normalized spacial score (nSPS) is 16.8. The summed E-state index contributed by atoms with van der Waals surface area (Å²) in [5, 5.41) is 6.36. The summed E-state index contributed by atoms with van der Waals surface area (Å²) >= 11 is 0. The van der Waals surface area contributed by atoms with Crippen molar-refractivity contribution in [2.75, 3.05) is 7.05 Å². The fourth-order valence-corrected chi connectivity index (χ4v) is 0.601. The van der Waals surface area contributed by atoms with Gasteiger partial charge in [0.15, 0.2) is 0 Å². The fourth-order valence-electron chi connectivity index (χ4n) is 0.601. The molecule has 1 aliphatic heterocycles. The van der Waals surface area contributed by atoms with Gasteiger partial charge in [-0.25, -0.2) is 9.80 Å². The third kappa shape index (κ3) is 0.831. The number of hydrogen-bond donors (Lipinski definition) is 2. The summed E-state index contributed by atoms with van der Waals surface area (Å²) < 4.78 is 0. The van der Waals surface area contributed by atoms with E-state index in [2.05, 4.69) is 10.6 Å². The second-order valence-corrected chi connectivity index (χ2v) is 1.93. The molecule has 1 rings (SSSR count). The Hall–Kier alpha value is -1.46. The number of amides is 2. The van der Waals surface area contributed by atoms with Crippen LogP contribution in [0.25, 0.3) is 0 Å². The highest BCUT2D eigenvalue weighted by molar-refractivity contribution is 5.84. The van der Waals surface area contributed by atoms with Crippen molar-refractivity contribution in [3.8, 4) is 0 Å². The average Bonchev–Trinajstić information content (AvgIpc) is 2.14. The Labute approximate surface area is 58.2 Å². The number of amidine groups is 1. The number of hydrazone groups is 1. The number of nitrogens with one attached hydrogen (secondary N) is 1. The van der Waals surface area contributed by atoms with Gasteiger partial charge in [0.05, 0.1) is 0 Å². The number of hydrazine groups is 2. The average molecular weight is 143 g/mol. The molecule has 1 aliphatic rings. The SMILES string of the molecule is CC1=NNN(C(N)=O)N1C. The number of carbonyl (C=O) groups is 1. The summed E-state index contributed by atoms with van der Waals surface area (Å²) in [6.07, 6.45) is 0. The minimum Gasteiger partial charge on any atom is -0.349 e. The van der Waals surface area contributed by atoms with Crippen molar-refractivity contribution in [1.29, 1.82) is 0 Å². The van der Waals surface area contributed by atoms with Gasteiger partial charge in [-0.2, -0.15) is 5.53 Å². The quantitative estimate of drug-likeness (QED) is 0.460. The molecule has 6 nitrogen and oxygen atoms in total. The summed E-state index contributed by atoms with van der Waals surface area (Å²) in [4.78, 5) is 10.5. The minimum absolute atomic E-state index is 0.580. The zero-order valence-electron chi connectivity index (χ0n) is 5.83. The van der Waals surface area contributed by atoms with Crippen LogP contribution in [0, 0.1) is 0 Å². The summed E-state index contributed by atoms with van der Waals surface area (Å²) in [6.45, 7) is 1.76. The first-order valence-electron chi connectivity index (χ1n) is 2.76. The van der Waals surface area contributed by atoms with Crippen molar-refractivity contribution in [3.05, 3.63) is 0 Å². The monoisotopic (exact) mass is 143 g/mol. The first-order valence-corrected chi connectivity index (χ1v) is 2.76. The third-order valence-corrected chi connectivity index (χ3v) is 1.28. The lowest BCUT2D eigenvalue weighted by Gasteiger charge is -2.21. The van der Waals surface area contributed by atoms with Crippen molar-refractivity contribution in [1.82, 2.24) is 15.7 Å². The van der Waals surface area contributed by atoms with Crippen molar-refractivity contribution in [2.45, 2.75) is 6.92 Å². The van der Waals surface area contributed by atoms with Crippen LogP contribution in [0.3, 0.4) is 0 Å². The summed E-state index contributed by atoms with van der Waals surface area (Å²) in [7, 11) is 1.68. The molecule has 0 bridgehead atoms. The van der Waals surface area contributed by atoms with Gasteiger partial charge < -0.3 is 5.73 Å². The molecule has 0 unspecified atom stereocenters. The van der Waals surface area contributed by atoms with Gasteiger partial charge in [-0.05, 0) is 6.92 Å². The molecule has 6 heteroatoms. The van der Waals surface area contributed by atoms with Crippen LogP contribution in [0.4, 0.5) is 4.79 Å². The highest BCUT2D eigenvalue weighted by atomic mass is 16.2. The number of carbonyl (C=O) groups excluding carboxylic acids is 1. The van der Waals surface area contributed by atoms with E-state index in [1.807, 2.05) is 0 Å². The molecule has 10 heavy (non-hydrogen) atoms. The zero-order valence-corrected chi connectivity index (χ0v) is 5.83. The van der Waals surface area contributed by atoms with Gasteiger partial charge in [-0.3, -0.25) is 0 Å². The van der Waals surface area contributed by atoms with Gasteiger partial charge in [0.2, 0.25) is 0 Å². The van der Waals surface area contributed by atoms with E-state index in [1.54, 1.807) is 14.0 Å². The molecule has 0 aromatic heterocycles. The topological polar surface area (TPSA) is 74.0 Å². The number of primary amides is 1. The van der Waals surface area contributed by atoms with E-state index < -0.39 is 6.03 Å². The Morgan fingerprint density at radius 2 is 2.40 bits per heavy atom. The van der Waals surface area contributed by atoms with E-state index in [1.165, 1.54) is 5.01 Å². The second kappa shape index (κ2) is 2.05. The van der Waals surface area contributed by atoms with Crippen LogP contribution in [-0.4, -0.2) is 29.0 Å². The van der Waals surface area contributed by atoms with Crippen molar-refractivity contribution >= 4 is 11.9 Å². The van der Waals surface area contributed by atoms with Crippen LogP contribution in [0.5, 0.6) is 0 Å². The molecular weight excluding hydrogens is 134 g/mol. The molecule has 2 amide bonds. The van der Waals surface area contributed by atoms with Gasteiger partial charge in [-0.15, -0.1) is 10.2 Å². The molecule has 56 valence electrons. The maximum Gasteiger partial charge on any atom is 0.354 e. The van der Waals surface area contributed by atoms with Crippen molar-refractivity contribution < 1.29 is 4.79 Å². The molecule has 0 saturated carbocycles. The number of nitrogens with two attached hydrogens (primary N) is 1. The van der Waals surface area contributed by atoms with E-state index in [-0.39, 0.29) is 0 Å². The maximum absolute atomic E-state index is 10.5. The largest absolute Gasteiger partial charge is 0.354 e. The van der Waals surface area contributed by atoms with Crippen LogP contribution in [0.15, 0.2) is 5.10 Å². The molecule has 0 aromatic carbocycles. The lowest BCUT2D eigenvalue weighted by Crippen LogP contribution is -2.49. The molecule has 0 aromatic rings. The van der Waals surface area contributed by atoms with E-state index in [0.29, 0.717) is 5.84 Å². The predicted molar refractivity (Wildman–Crippen MR) is 35.4 cm³/mol. The summed E-state index contributed by atoms with van der Waals surface area (Å²) in [6, 6.07) is -0.580. The molecular formula is C4H9N5O. The first-order chi connectivity index (χ1) is 4.63. The molecule has 3 N–H and O–H groups in total. The van der Waals surface area contributed by atoms with Crippen molar-refractivity contribution in [2.24, 2.45) is 10.8 Å². The van der Waals surface area contributed by atoms with Crippen LogP contribution in [-0.2, 0) is 0 Å². The van der Waals surface area contributed by atoms with E-state index in [9.17, 15) is 4.79 Å². The minimum atomic E-state index is -0.580. The van der Waals surface area contributed by atoms with E-state index in [0.717, 1.165) is 5.12 Å². The number of hydrogen-bond acceptors (Lipinski definition) is 4. The Morgan fingerprint density at radius 3 is 2.60 bits per heavy atom. The molecule has 0 spiro atoms. The highest BCUT2D eigenvalue weighted by Crippen LogP contribution is 1.98. The molecule has 0 saturated heterocycles. The van der Waals surface area contributed by atoms with Gasteiger partial charge in [0.25, 0.3) is 0 Å². The molecule has 0 radical (unpaired) electrons. The third-order valence-electron chi connectivity index (χ3n) is 1.28. The molecule has 0 aliphatic carbocycles. The highest BCUT2D eigenvalue weighted by Gasteiger charge is 2.21. The smallest absolute Gasteiger partial charge is 0.349 e. The summed E-state index contributed by atoms with van der Waals surface area (Å²) in [5.74, 6) is 0.693. The fraction of sp³-hybridized carbons (Fsp3) is 0.500. The van der Waals surface area contributed by atoms with E-state index in [4.69, 9.17) is 5.73 Å². The Morgan fingerprint density at radius 1 is 1.80 bits per heavy atom. The lowest BCUT2D eigenvalue weighted by molar-refractivity contribution is 0.0820. The number of nitrogens with zero attached hydrogens (tertiary/aromatic N) is 3. The first kappa shape index (κ1) is 6.66. The van der Waals surface area contributed by atoms with Gasteiger partial charge in [0, 0.05) is 7.05 Å². The standard InChI is InChI=1S/C4H9N5O/c1-3-6-7-9(4(5)10)8(3)2/h7H,1-2H3,(H2,5,10). The van der Waals surface area contributed by atoms with Gasteiger partial charge in [0.1, 0.15) is 5.84 Å². The van der Waals surface area contributed by atoms with Gasteiger partial charge in [-0.1, -0.05) is 0 Å².